The summed E-state index contributed by atoms with van der Waals surface area (Å²) in [5.41, 5.74) is 8.32. The SMILES string of the molecule is CN(C)C(=O)c1ccc(N)cc1SCc1ccc(Cl)cc1. The van der Waals surface area contributed by atoms with Crippen molar-refractivity contribution in [2.24, 2.45) is 0 Å². The lowest BCUT2D eigenvalue weighted by molar-refractivity contribution is 0.0824. The highest BCUT2D eigenvalue weighted by Gasteiger charge is 2.14. The van der Waals surface area contributed by atoms with Crippen LogP contribution in [0.5, 0.6) is 0 Å². The molecule has 2 rings (SSSR count). The number of nitrogens with two attached hydrogens (primary N) is 1. The lowest BCUT2D eigenvalue weighted by Crippen LogP contribution is -2.22. The van der Waals surface area contributed by atoms with Gasteiger partial charge in [0.05, 0.1) is 5.56 Å². The van der Waals surface area contributed by atoms with Gasteiger partial charge in [-0.2, -0.15) is 0 Å². The van der Waals surface area contributed by atoms with Crippen molar-refractivity contribution in [2.75, 3.05) is 19.8 Å². The van der Waals surface area contributed by atoms with Crippen LogP contribution in [-0.4, -0.2) is 24.9 Å². The topological polar surface area (TPSA) is 46.3 Å². The summed E-state index contributed by atoms with van der Waals surface area (Å²) >= 11 is 7.47. The molecular formula is C16H17ClN2OS. The van der Waals surface area contributed by atoms with Crippen molar-refractivity contribution in [1.82, 2.24) is 4.90 Å². The van der Waals surface area contributed by atoms with Gasteiger partial charge in [-0.05, 0) is 35.9 Å². The Morgan fingerprint density at radius 2 is 1.86 bits per heavy atom. The third-order valence-corrected chi connectivity index (χ3v) is 4.33. The normalized spacial score (nSPS) is 10.4. The summed E-state index contributed by atoms with van der Waals surface area (Å²) in [6, 6.07) is 13.1. The molecule has 0 aliphatic heterocycles. The fraction of sp³-hybridized carbons (Fsp3) is 0.188. The van der Waals surface area contributed by atoms with Gasteiger partial charge in [-0.15, -0.1) is 11.8 Å². The van der Waals surface area contributed by atoms with Crippen molar-refractivity contribution in [2.45, 2.75) is 10.6 Å². The predicted molar refractivity (Wildman–Crippen MR) is 89.9 cm³/mol. The van der Waals surface area contributed by atoms with E-state index in [0.29, 0.717) is 11.3 Å². The molecule has 5 heteroatoms. The van der Waals surface area contributed by atoms with E-state index < -0.39 is 0 Å². The third-order valence-electron chi connectivity index (χ3n) is 2.95. The van der Waals surface area contributed by atoms with E-state index in [9.17, 15) is 4.79 Å². The zero-order chi connectivity index (χ0) is 15.4. The Kier molecular flexibility index (Phi) is 5.15. The number of halogens is 1. The van der Waals surface area contributed by atoms with Gasteiger partial charge in [0.15, 0.2) is 0 Å². The Labute approximate surface area is 134 Å². The Bertz CT molecular complexity index is 641. The molecule has 1 amide bonds. The number of benzene rings is 2. The molecule has 0 unspecified atom stereocenters. The molecule has 0 heterocycles. The van der Waals surface area contributed by atoms with E-state index in [2.05, 4.69) is 0 Å². The summed E-state index contributed by atoms with van der Waals surface area (Å²) in [7, 11) is 3.48. The Hall–Kier alpha value is -1.65. The summed E-state index contributed by atoms with van der Waals surface area (Å²) in [6.07, 6.45) is 0. The molecule has 0 aliphatic rings. The molecule has 21 heavy (non-hydrogen) atoms. The monoisotopic (exact) mass is 320 g/mol. The van der Waals surface area contributed by atoms with E-state index in [-0.39, 0.29) is 5.91 Å². The van der Waals surface area contributed by atoms with Gasteiger partial charge in [0.1, 0.15) is 0 Å². The highest BCUT2D eigenvalue weighted by molar-refractivity contribution is 7.98. The number of rotatable bonds is 4. The van der Waals surface area contributed by atoms with Gasteiger partial charge in [-0.25, -0.2) is 0 Å². The van der Waals surface area contributed by atoms with Gasteiger partial charge in [-0.3, -0.25) is 4.79 Å². The van der Waals surface area contributed by atoms with Crippen LogP contribution >= 0.6 is 23.4 Å². The standard InChI is InChI=1S/C16H17ClN2OS/c1-19(2)16(20)14-8-7-13(18)9-15(14)21-10-11-3-5-12(17)6-4-11/h3-9H,10,18H2,1-2H3. The molecule has 2 aromatic carbocycles. The molecule has 0 radical (unpaired) electrons. The van der Waals surface area contributed by atoms with Gasteiger partial charge >= 0.3 is 0 Å². The van der Waals surface area contributed by atoms with E-state index in [1.54, 1.807) is 42.9 Å². The fourth-order valence-corrected chi connectivity index (χ4v) is 2.99. The van der Waals surface area contributed by atoms with Gasteiger partial charge in [0, 0.05) is 35.5 Å². The fourth-order valence-electron chi connectivity index (χ4n) is 1.82. The third kappa shape index (κ3) is 4.16. The van der Waals surface area contributed by atoms with Crippen molar-refractivity contribution >= 4 is 35.0 Å². The Morgan fingerprint density at radius 3 is 2.48 bits per heavy atom. The smallest absolute Gasteiger partial charge is 0.254 e. The van der Waals surface area contributed by atoms with Gasteiger partial charge in [-0.1, -0.05) is 23.7 Å². The van der Waals surface area contributed by atoms with Crippen molar-refractivity contribution in [3.8, 4) is 0 Å². The van der Waals surface area contributed by atoms with Crippen LogP contribution in [0.4, 0.5) is 5.69 Å². The molecule has 0 saturated carbocycles. The molecular weight excluding hydrogens is 304 g/mol. The van der Waals surface area contributed by atoms with Crippen molar-refractivity contribution in [3.05, 3.63) is 58.6 Å². The van der Waals surface area contributed by atoms with E-state index >= 15 is 0 Å². The first-order chi connectivity index (χ1) is 9.97. The number of nitrogen functional groups attached to an aromatic ring is 1. The van der Waals surface area contributed by atoms with Crippen LogP contribution in [0.25, 0.3) is 0 Å². The summed E-state index contributed by atoms with van der Waals surface area (Å²) in [6.45, 7) is 0. The van der Waals surface area contributed by atoms with Crippen molar-refractivity contribution in [3.63, 3.8) is 0 Å². The summed E-state index contributed by atoms with van der Waals surface area (Å²) in [5.74, 6) is 0.738. The molecule has 0 fully saturated rings. The second kappa shape index (κ2) is 6.87. The highest BCUT2D eigenvalue weighted by Crippen LogP contribution is 2.29. The molecule has 0 aromatic heterocycles. The number of amides is 1. The first kappa shape index (κ1) is 15.7. The molecule has 110 valence electrons. The number of anilines is 1. The minimum Gasteiger partial charge on any atom is -0.399 e. The maximum Gasteiger partial charge on any atom is 0.254 e. The van der Waals surface area contributed by atoms with Gasteiger partial charge in [0.25, 0.3) is 5.91 Å². The molecule has 2 aromatic rings. The maximum atomic E-state index is 12.2. The number of hydrogen-bond acceptors (Lipinski definition) is 3. The lowest BCUT2D eigenvalue weighted by Gasteiger charge is -2.14. The second-order valence-corrected chi connectivity index (χ2v) is 6.32. The Morgan fingerprint density at radius 1 is 1.19 bits per heavy atom. The first-order valence-corrected chi connectivity index (χ1v) is 7.82. The quantitative estimate of drug-likeness (QED) is 0.686. The zero-order valence-corrected chi connectivity index (χ0v) is 13.5. The predicted octanol–water partition coefficient (Wildman–Crippen LogP) is 3.92. The average molecular weight is 321 g/mol. The second-order valence-electron chi connectivity index (χ2n) is 4.87. The molecule has 2 N–H and O–H groups in total. The van der Waals surface area contributed by atoms with Crippen molar-refractivity contribution in [1.29, 1.82) is 0 Å². The van der Waals surface area contributed by atoms with Crippen LogP contribution in [0.1, 0.15) is 15.9 Å². The van der Waals surface area contributed by atoms with Crippen molar-refractivity contribution < 1.29 is 4.79 Å². The van der Waals surface area contributed by atoms with Crippen LogP contribution < -0.4 is 5.73 Å². The number of carbonyl (C=O) groups is 1. The minimum absolute atomic E-state index is 0.0198. The van der Waals surface area contributed by atoms with E-state index in [0.717, 1.165) is 21.2 Å². The zero-order valence-electron chi connectivity index (χ0n) is 12.0. The first-order valence-electron chi connectivity index (χ1n) is 6.46. The van der Waals surface area contributed by atoms with E-state index in [1.165, 1.54) is 0 Å². The van der Waals surface area contributed by atoms with Gasteiger partial charge < -0.3 is 10.6 Å². The minimum atomic E-state index is -0.0198. The van der Waals surface area contributed by atoms with Gasteiger partial charge in [0.2, 0.25) is 0 Å². The summed E-state index contributed by atoms with van der Waals surface area (Å²) in [5, 5.41) is 0.719. The molecule has 0 saturated heterocycles. The number of carbonyl (C=O) groups excluding carboxylic acids is 1. The van der Waals surface area contributed by atoms with E-state index in [1.807, 2.05) is 30.3 Å². The molecule has 0 bridgehead atoms. The average Bonchev–Trinajstić information content (AvgIpc) is 2.46. The number of hydrogen-bond donors (Lipinski definition) is 1. The largest absolute Gasteiger partial charge is 0.399 e. The van der Waals surface area contributed by atoms with E-state index in [4.69, 9.17) is 17.3 Å². The van der Waals surface area contributed by atoms with Crippen LogP contribution in [0, 0.1) is 0 Å². The van der Waals surface area contributed by atoms with Crippen LogP contribution in [0.15, 0.2) is 47.4 Å². The maximum absolute atomic E-state index is 12.2. The number of thioether (sulfide) groups is 1. The molecule has 0 spiro atoms. The summed E-state index contributed by atoms with van der Waals surface area (Å²) in [4.78, 5) is 14.6. The highest BCUT2D eigenvalue weighted by atomic mass is 35.5. The summed E-state index contributed by atoms with van der Waals surface area (Å²) < 4.78 is 0. The molecule has 0 atom stereocenters. The molecule has 0 aliphatic carbocycles. The molecule has 3 nitrogen and oxygen atoms in total. The Balaban J connectivity index is 2.20. The van der Waals surface area contributed by atoms with Crippen LogP contribution in [0.2, 0.25) is 5.02 Å². The lowest BCUT2D eigenvalue weighted by atomic mass is 10.2. The van der Waals surface area contributed by atoms with Crippen LogP contribution in [0.3, 0.4) is 0 Å². The number of nitrogens with zero attached hydrogens (tertiary/aromatic N) is 1. The van der Waals surface area contributed by atoms with Crippen LogP contribution in [-0.2, 0) is 5.75 Å².